The lowest BCUT2D eigenvalue weighted by atomic mass is 9.61. The highest BCUT2D eigenvalue weighted by Gasteiger charge is 2.54. The van der Waals surface area contributed by atoms with E-state index in [-0.39, 0.29) is 29.9 Å². The second-order valence-electron chi connectivity index (χ2n) is 11.2. The van der Waals surface area contributed by atoms with E-state index in [1.165, 1.54) is 11.1 Å². The number of hydrogen-bond donors (Lipinski definition) is 1. The Morgan fingerprint density at radius 1 is 1.14 bits per heavy atom. The summed E-state index contributed by atoms with van der Waals surface area (Å²) >= 11 is 0. The number of carbonyl (C=O) groups is 2. The van der Waals surface area contributed by atoms with Crippen molar-refractivity contribution in [2.24, 2.45) is 5.41 Å². The third kappa shape index (κ3) is 4.92. The molecule has 1 spiro atoms. The van der Waals surface area contributed by atoms with E-state index in [1.807, 2.05) is 17.0 Å². The van der Waals surface area contributed by atoms with Crippen molar-refractivity contribution in [2.45, 2.75) is 44.9 Å². The van der Waals surface area contributed by atoms with Crippen molar-refractivity contribution >= 4 is 11.8 Å². The van der Waals surface area contributed by atoms with Gasteiger partial charge in [0.15, 0.2) is 0 Å². The van der Waals surface area contributed by atoms with Crippen LogP contribution >= 0.6 is 0 Å². The largest absolute Gasteiger partial charge is 0.491 e. The lowest BCUT2D eigenvalue weighted by Gasteiger charge is -2.58. The van der Waals surface area contributed by atoms with Gasteiger partial charge in [0.05, 0.1) is 18.2 Å². The Morgan fingerprint density at radius 3 is 2.70 bits per heavy atom. The van der Waals surface area contributed by atoms with Crippen molar-refractivity contribution in [2.75, 3.05) is 45.9 Å². The summed E-state index contributed by atoms with van der Waals surface area (Å²) in [6, 6.07) is 13.9. The molecule has 3 heterocycles. The van der Waals surface area contributed by atoms with E-state index in [1.54, 1.807) is 17.9 Å². The standard InChI is InChI=1S/C29H35N3O5/c1-20(33)32-18-29(19-32)13-25(14-29)37-24-6-7-26-27(12-24)36-11-10-31(28(26)35)17-23(34)16-30-9-8-21-4-2-3-5-22(21)15-30/h2-7,12,23,25,34H,8-11,13-19H2,1H3. The number of carbonyl (C=O) groups excluding carboxylic acids is 2. The number of nitrogens with zero attached hydrogens (tertiary/aromatic N) is 3. The van der Waals surface area contributed by atoms with E-state index in [0.29, 0.717) is 36.8 Å². The Labute approximate surface area is 217 Å². The van der Waals surface area contributed by atoms with Crippen LogP contribution in [0.25, 0.3) is 0 Å². The fourth-order valence-corrected chi connectivity index (χ4v) is 6.33. The molecule has 6 rings (SSSR count). The summed E-state index contributed by atoms with van der Waals surface area (Å²) in [5.41, 5.74) is 3.43. The van der Waals surface area contributed by atoms with E-state index >= 15 is 0 Å². The van der Waals surface area contributed by atoms with Gasteiger partial charge in [0.25, 0.3) is 5.91 Å². The van der Waals surface area contributed by atoms with Gasteiger partial charge in [-0.25, -0.2) is 0 Å². The molecule has 1 aliphatic carbocycles. The van der Waals surface area contributed by atoms with Crippen LogP contribution in [-0.4, -0.2) is 89.7 Å². The first kappa shape index (κ1) is 24.2. The number of fused-ring (bicyclic) bond motifs is 2. The summed E-state index contributed by atoms with van der Waals surface area (Å²) in [6.45, 7) is 6.63. The Kier molecular flexibility index (Phi) is 6.32. The first-order valence-corrected chi connectivity index (χ1v) is 13.3. The molecule has 2 aromatic rings. The molecular weight excluding hydrogens is 470 g/mol. The van der Waals surface area contributed by atoms with Gasteiger partial charge in [-0.3, -0.25) is 14.5 Å². The number of hydrogen-bond acceptors (Lipinski definition) is 6. The predicted molar refractivity (Wildman–Crippen MR) is 138 cm³/mol. The summed E-state index contributed by atoms with van der Waals surface area (Å²) in [6.07, 6.45) is 2.37. The third-order valence-electron chi connectivity index (χ3n) is 8.32. The molecule has 2 amide bonds. The van der Waals surface area contributed by atoms with E-state index in [2.05, 4.69) is 29.2 Å². The summed E-state index contributed by atoms with van der Waals surface area (Å²) in [4.78, 5) is 30.6. The van der Waals surface area contributed by atoms with Crippen LogP contribution in [0.3, 0.4) is 0 Å². The topological polar surface area (TPSA) is 82.6 Å². The van der Waals surface area contributed by atoms with Gasteiger partial charge in [-0.2, -0.15) is 0 Å². The average Bonchev–Trinajstić information content (AvgIpc) is 2.97. The van der Waals surface area contributed by atoms with Crippen LogP contribution in [0.2, 0.25) is 0 Å². The van der Waals surface area contributed by atoms with Gasteiger partial charge in [-0.05, 0) is 42.5 Å². The number of aliphatic hydroxyl groups is 1. The molecular formula is C29H35N3O5. The van der Waals surface area contributed by atoms with E-state index in [9.17, 15) is 14.7 Å². The molecule has 3 aliphatic heterocycles. The van der Waals surface area contributed by atoms with E-state index < -0.39 is 6.10 Å². The molecule has 1 atom stereocenters. The van der Waals surface area contributed by atoms with Crippen LogP contribution in [0.4, 0.5) is 0 Å². The number of benzene rings is 2. The number of likely N-dealkylation sites (tertiary alicyclic amines) is 1. The van der Waals surface area contributed by atoms with Crippen LogP contribution in [0.5, 0.6) is 11.5 Å². The molecule has 1 unspecified atom stereocenters. The van der Waals surface area contributed by atoms with Crippen molar-refractivity contribution in [1.29, 1.82) is 0 Å². The van der Waals surface area contributed by atoms with Gasteiger partial charge in [0.2, 0.25) is 5.91 Å². The maximum absolute atomic E-state index is 13.3. The highest BCUT2D eigenvalue weighted by Crippen LogP contribution is 2.49. The Balaban J connectivity index is 1.03. The highest BCUT2D eigenvalue weighted by atomic mass is 16.5. The lowest BCUT2D eigenvalue weighted by Crippen LogP contribution is -2.65. The molecule has 1 saturated heterocycles. The van der Waals surface area contributed by atoms with E-state index in [4.69, 9.17) is 9.47 Å². The molecule has 1 N–H and O–H groups in total. The zero-order valence-electron chi connectivity index (χ0n) is 21.4. The number of ether oxygens (including phenoxy) is 2. The SMILES string of the molecule is CC(=O)N1CC2(CC(Oc3ccc4c(c3)OCCN(CC(O)CN3CCc5ccccc5C3)C4=O)C2)C1. The van der Waals surface area contributed by atoms with Gasteiger partial charge in [0.1, 0.15) is 24.2 Å². The predicted octanol–water partition coefficient (Wildman–Crippen LogP) is 2.33. The van der Waals surface area contributed by atoms with Gasteiger partial charge in [0, 0.05) is 57.7 Å². The third-order valence-corrected chi connectivity index (χ3v) is 8.32. The molecule has 8 heteroatoms. The second kappa shape index (κ2) is 9.65. The maximum atomic E-state index is 13.3. The van der Waals surface area contributed by atoms with Crippen molar-refractivity contribution in [3.8, 4) is 11.5 Å². The van der Waals surface area contributed by atoms with Crippen molar-refractivity contribution < 1.29 is 24.2 Å². The van der Waals surface area contributed by atoms with Crippen LogP contribution in [0.1, 0.15) is 41.3 Å². The number of β-amino-alcohol motifs (C(OH)–C–C–N with tert-alkyl or cyclic N) is 1. The summed E-state index contributed by atoms with van der Waals surface area (Å²) in [5, 5.41) is 10.8. The quantitative estimate of drug-likeness (QED) is 0.649. The average molecular weight is 506 g/mol. The molecule has 196 valence electrons. The lowest BCUT2D eigenvalue weighted by molar-refractivity contribution is -0.157. The first-order valence-electron chi connectivity index (χ1n) is 13.3. The smallest absolute Gasteiger partial charge is 0.257 e. The molecule has 1 saturated carbocycles. The molecule has 4 aliphatic rings. The summed E-state index contributed by atoms with van der Waals surface area (Å²) in [7, 11) is 0. The highest BCUT2D eigenvalue weighted by molar-refractivity contribution is 5.97. The van der Waals surface area contributed by atoms with Crippen molar-refractivity contribution in [1.82, 2.24) is 14.7 Å². The number of rotatable bonds is 6. The molecule has 0 aromatic heterocycles. The molecule has 0 bridgehead atoms. The minimum atomic E-state index is -0.630. The maximum Gasteiger partial charge on any atom is 0.257 e. The Morgan fingerprint density at radius 2 is 1.92 bits per heavy atom. The second-order valence-corrected chi connectivity index (χ2v) is 11.2. The fourth-order valence-electron chi connectivity index (χ4n) is 6.33. The molecule has 2 aromatic carbocycles. The van der Waals surface area contributed by atoms with Gasteiger partial charge in [-0.1, -0.05) is 24.3 Å². The first-order chi connectivity index (χ1) is 17.9. The molecule has 8 nitrogen and oxygen atoms in total. The van der Waals surface area contributed by atoms with Crippen LogP contribution in [0, 0.1) is 5.41 Å². The summed E-state index contributed by atoms with van der Waals surface area (Å²) in [5.74, 6) is 1.26. The zero-order chi connectivity index (χ0) is 25.6. The van der Waals surface area contributed by atoms with Crippen molar-refractivity contribution in [3.63, 3.8) is 0 Å². The van der Waals surface area contributed by atoms with Gasteiger partial charge < -0.3 is 24.4 Å². The van der Waals surface area contributed by atoms with Gasteiger partial charge >= 0.3 is 0 Å². The van der Waals surface area contributed by atoms with E-state index in [0.717, 1.165) is 45.4 Å². The monoisotopic (exact) mass is 505 g/mol. The minimum Gasteiger partial charge on any atom is -0.491 e. The zero-order valence-corrected chi connectivity index (χ0v) is 21.4. The number of aliphatic hydroxyl groups excluding tert-OH is 1. The van der Waals surface area contributed by atoms with Crippen LogP contribution in [-0.2, 0) is 17.8 Å². The molecule has 2 fully saturated rings. The molecule has 0 radical (unpaired) electrons. The van der Waals surface area contributed by atoms with Crippen LogP contribution in [0.15, 0.2) is 42.5 Å². The van der Waals surface area contributed by atoms with Gasteiger partial charge in [-0.15, -0.1) is 0 Å². The normalized spacial score (nSPS) is 21.7. The van der Waals surface area contributed by atoms with Crippen LogP contribution < -0.4 is 9.47 Å². The number of amides is 2. The Hall–Kier alpha value is -3.10. The van der Waals surface area contributed by atoms with Crippen molar-refractivity contribution in [3.05, 3.63) is 59.2 Å². The minimum absolute atomic E-state index is 0.122. The fraction of sp³-hybridized carbons (Fsp3) is 0.517. The molecule has 37 heavy (non-hydrogen) atoms. The summed E-state index contributed by atoms with van der Waals surface area (Å²) < 4.78 is 12.1. The Bertz CT molecular complexity index is 1190.